The molecule has 1 aliphatic rings. The van der Waals surface area contributed by atoms with E-state index >= 15 is 0 Å². The van der Waals surface area contributed by atoms with E-state index in [0.717, 1.165) is 5.56 Å². The number of aromatic nitrogens is 2. The van der Waals surface area contributed by atoms with Gasteiger partial charge in [-0.25, -0.2) is 4.98 Å². The molecule has 0 spiro atoms. The molecule has 0 saturated heterocycles. The van der Waals surface area contributed by atoms with Crippen molar-refractivity contribution >= 4 is 17.0 Å². The normalized spacial score (nSPS) is 12.5. The highest BCUT2D eigenvalue weighted by atomic mass is 16.7. The minimum atomic E-state index is -0.405. The van der Waals surface area contributed by atoms with E-state index in [2.05, 4.69) is 10.3 Å². The Labute approximate surface area is 159 Å². The number of hydrogen-bond acceptors (Lipinski definition) is 7. The lowest BCUT2D eigenvalue weighted by Crippen LogP contribution is -2.27. The Balaban J connectivity index is 1.59. The molecule has 9 nitrogen and oxygen atoms in total. The smallest absolute Gasteiger partial charge is 0.265 e. The molecule has 9 heteroatoms. The fourth-order valence-electron chi connectivity index (χ4n) is 3.08. The number of rotatable bonds is 6. The van der Waals surface area contributed by atoms with Crippen LogP contribution < -0.4 is 20.3 Å². The summed E-state index contributed by atoms with van der Waals surface area (Å²) in [6, 6.07) is 5.44. The maximum Gasteiger partial charge on any atom is 0.265 e. The predicted octanol–water partition coefficient (Wildman–Crippen LogP) is 1.60. The summed E-state index contributed by atoms with van der Waals surface area (Å²) in [6.45, 7) is 2.78. The summed E-state index contributed by atoms with van der Waals surface area (Å²) in [5.74, 6) is 1.25. The van der Waals surface area contributed by atoms with Gasteiger partial charge in [0.05, 0.1) is 18.7 Å². The van der Waals surface area contributed by atoms with E-state index in [4.69, 9.17) is 18.6 Å². The van der Waals surface area contributed by atoms with Crippen LogP contribution in [0.2, 0.25) is 0 Å². The van der Waals surface area contributed by atoms with Crippen molar-refractivity contribution in [1.82, 2.24) is 14.9 Å². The van der Waals surface area contributed by atoms with Crippen LogP contribution in [0.4, 0.5) is 0 Å². The zero-order valence-electron chi connectivity index (χ0n) is 15.5. The van der Waals surface area contributed by atoms with Gasteiger partial charge in [0.1, 0.15) is 17.5 Å². The Hall–Kier alpha value is -3.33. The first-order chi connectivity index (χ1) is 13.6. The molecular weight excluding hydrogens is 366 g/mol. The number of carbonyl (C=O) groups is 1. The number of benzene rings is 1. The van der Waals surface area contributed by atoms with Crippen LogP contribution >= 0.6 is 0 Å². The van der Waals surface area contributed by atoms with E-state index in [1.165, 1.54) is 10.9 Å². The van der Waals surface area contributed by atoms with Crippen molar-refractivity contribution in [2.24, 2.45) is 0 Å². The number of fused-ring (bicyclic) bond motifs is 2. The minimum absolute atomic E-state index is 0.143. The lowest BCUT2D eigenvalue weighted by molar-refractivity contribution is 0.0950. The van der Waals surface area contributed by atoms with Crippen molar-refractivity contribution in [3.63, 3.8) is 0 Å². The predicted molar refractivity (Wildman–Crippen MR) is 98.6 cm³/mol. The molecule has 3 heterocycles. The number of methoxy groups -OCH3 is 1. The van der Waals surface area contributed by atoms with Gasteiger partial charge in [-0.15, -0.1) is 0 Å². The van der Waals surface area contributed by atoms with Crippen molar-refractivity contribution in [2.45, 2.75) is 20.0 Å². The molecule has 0 fully saturated rings. The van der Waals surface area contributed by atoms with E-state index in [0.29, 0.717) is 30.4 Å². The molecule has 1 aromatic carbocycles. The second-order valence-corrected chi connectivity index (χ2v) is 6.32. The lowest BCUT2D eigenvalue weighted by Gasteiger charge is -2.07. The summed E-state index contributed by atoms with van der Waals surface area (Å²) in [4.78, 5) is 29.7. The molecule has 3 aromatic rings. The quantitative estimate of drug-likeness (QED) is 0.687. The maximum atomic E-state index is 12.8. The van der Waals surface area contributed by atoms with Crippen LogP contribution in [0.25, 0.3) is 11.1 Å². The highest BCUT2D eigenvalue weighted by molar-refractivity contribution is 6.06. The topological polar surface area (TPSA) is 105 Å². The number of hydrogen-bond donors (Lipinski definition) is 1. The fourth-order valence-corrected chi connectivity index (χ4v) is 3.08. The molecule has 0 atom stereocenters. The third-order valence-electron chi connectivity index (χ3n) is 4.51. The zero-order valence-corrected chi connectivity index (χ0v) is 15.5. The van der Waals surface area contributed by atoms with Gasteiger partial charge in [0, 0.05) is 13.7 Å². The Morgan fingerprint density at radius 3 is 2.96 bits per heavy atom. The number of nitrogens with zero attached hydrogens (tertiary/aromatic N) is 2. The van der Waals surface area contributed by atoms with Crippen molar-refractivity contribution in [3.05, 3.63) is 51.8 Å². The molecule has 1 amide bonds. The van der Waals surface area contributed by atoms with Gasteiger partial charge in [-0.2, -0.15) is 0 Å². The summed E-state index contributed by atoms with van der Waals surface area (Å²) < 4.78 is 22.5. The third-order valence-corrected chi connectivity index (χ3v) is 4.51. The van der Waals surface area contributed by atoms with Crippen molar-refractivity contribution in [1.29, 1.82) is 0 Å². The van der Waals surface area contributed by atoms with Crippen molar-refractivity contribution in [2.75, 3.05) is 20.5 Å². The number of carbonyl (C=O) groups excluding carboxylic acids is 1. The maximum absolute atomic E-state index is 12.8. The molecule has 0 saturated carbocycles. The Morgan fingerprint density at radius 1 is 1.32 bits per heavy atom. The van der Waals surface area contributed by atoms with E-state index in [-0.39, 0.29) is 35.6 Å². The molecule has 1 N–H and O–H groups in total. The van der Waals surface area contributed by atoms with Crippen LogP contribution in [0, 0.1) is 6.92 Å². The summed E-state index contributed by atoms with van der Waals surface area (Å²) in [7, 11) is 1.55. The van der Waals surface area contributed by atoms with Gasteiger partial charge in [0.15, 0.2) is 11.5 Å². The number of furan rings is 1. The number of aryl methyl sites for hydroxylation is 1. The van der Waals surface area contributed by atoms with E-state index in [1.54, 1.807) is 20.1 Å². The molecule has 0 bridgehead atoms. The lowest BCUT2D eigenvalue weighted by atomic mass is 10.1. The summed E-state index contributed by atoms with van der Waals surface area (Å²) >= 11 is 0. The van der Waals surface area contributed by atoms with Gasteiger partial charge in [0.2, 0.25) is 12.5 Å². The Bertz CT molecular complexity index is 1100. The largest absolute Gasteiger partial charge is 0.454 e. The highest BCUT2D eigenvalue weighted by Gasteiger charge is 2.23. The molecular formula is C19H19N3O6. The average Bonchev–Trinajstić information content (AvgIpc) is 3.29. The molecule has 0 unspecified atom stereocenters. The summed E-state index contributed by atoms with van der Waals surface area (Å²) in [6.07, 6.45) is 1.39. The van der Waals surface area contributed by atoms with Crippen LogP contribution in [0.15, 0.2) is 33.7 Å². The Morgan fingerprint density at radius 2 is 2.14 bits per heavy atom. The van der Waals surface area contributed by atoms with Gasteiger partial charge in [0.25, 0.3) is 11.5 Å². The highest BCUT2D eigenvalue weighted by Crippen LogP contribution is 2.32. The van der Waals surface area contributed by atoms with Gasteiger partial charge in [-0.3, -0.25) is 14.2 Å². The number of amides is 1. The van der Waals surface area contributed by atoms with Crippen LogP contribution in [-0.4, -0.2) is 36.0 Å². The van der Waals surface area contributed by atoms with E-state index in [9.17, 15) is 9.59 Å². The van der Waals surface area contributed by atoms with Crippen LogP contribution in [0.1, 0.15) is 21.7 Å². The number of nitrogens with one attached hydrogen (secondary N) is 1. The SMILES string of the molecule is COCCn1cnc2oc(C)c(C(=O)NCc3ccc4c(c3)OCO4)c2c1=O. The third kappa shape index (κ3) is 3.20. The van der Waals surface area contributed by atoms with Gasteiger partial charge < -0.3 is 23.9 Å². The fraction of sp³-hybridized carbons (Fsp3) is 0.316. The molecule has 1 aliphatic heterocycles. The molecule has 146 valence electrons. The minimum Gasteiger partial charge on any atom is -0.454 e. The average molecular weight is 385 g/mol. The zero-order chi connectivity index (χ0) is 19.7. The first kappa shape index (κ1) is 18.1. The second kappa shape index (κ2) is 7.35. The van der Waals surface area contributed by atoms with Crippen LogP contribution in [0.5, 0.6) is 11.5 Å². The van der Waals surface area contributed by atoms with Gasteiger partial charge >= 0.3 is 0 Å². The molecule has 0 aliphatic carbocycles. The summed E-state index contributed by atoms with van der Waals surface area (Å²) in [5.41, 5.74) is 0.843. The monoisotopic (exact) mass is 385 g/mol. The van der Waals surface area contributed by atoms with E-state index < -0.39 is 5.91 Å². The van der Waals surface area contributed by atoms with Gasteiger partial charge in [-0.1, -0.05) is 6.07 Å². The van der Waals surface area contributed by atoms with Crippen molar-refractivity contribution < 1.29 is 23.4 Å². The molecule has 0 radical (unpaired) electrons. The van der Waals surface area contributed by atoms with Crippen LogP contribution in [-0.2, 0) is 17.8 Å². The van der Waals surface area contributed by atoms with Gasteiger partial charge in [-0.05, 0) is 24.6 Å². The standard InChI is InChI=1S/C19H19N3O6/c1-11-15(16-18(28-11)21-9-22(19(16)24)5-6-25-2)17(23)20-8-12-3-4-13-14(7-12)27-10-26-13/h3-4,7,9H,5-6,8,10H2,1-2H3,(H,20,23). The first-order valence-electron chi connectivity index (χ1n) is 8.72. The number of ether oxygens (including phenoxy) is 3. The molecule has 28 heavy (non-hydrogen) atoms. The Kier molecular flexibility index (Phi) is 4.74. The second-order valence-electron chi connectivity index (χ2n) is 6.32. The molecule has 2 aromatic heterocycles. The van der Waals surface area contributed by atoms with E-state index in [1.807, 2.05) is 12.1 Å². The van der Waals surface area contributed by atoms with Crippen molar-refractivity contribution in [3.8, 4) is 11.5 Å². The summed E-state index contributed by atoms with van der Waals surface area (Å²) in [5, 5.41) is 2.99. The van der Waals surface area contributed by atoms with Crippen LogP contribution in [0.3, 0.4) is 0 Å². The first-order valence-corrected chi connectivity index (χ1v) is 8.72. The molecule has 4 rings (SSSR count).